The summed E-state index contributed by atoms with van der Waals surface area (Å²) in [6, 6.07) is 6.76. The Hall–Kier alpha value is -2.96. The maximum atomic E-state index is 11.8. The molecule has 0 aliphatic heterocycles. The summed E-state index contributed by atoms with van der Waals surface area (Å²) in [5, 5.41) is 5.76. The standard InChI is InChI=1S/C16H18N4O3/c1-10(2)19-14(21)12-8-17-16(18-9-12)20-13-6-4-11(5-7-13)15(22)23-3/h4-10H,1-3H3,(H,19,21)(H,17,18,20). The molecule has 2 rings (SSSR count). The van der Waals surface area contributed by atoms with Crippen LogP contribution in [-0.2, 0) is 4.74 Å². The van der Waals surface area contributed by atoms with Gasteiger partial charge in [-0.25, -0.2) is 14.8 Å². The van der Waals surface area contributed by atoms with Crippen molar-refractivity contribution in [2.24, 2.45) is 0 Å². The van der Waals surface area contributed by atoms with E-state index in [-0.39, 0.29) is 11.9 Å². The molecule has 0 radical (unpaired) electrons. The summed E-state index contributed by atoms with van der Waals surface area (Å²) in [5.74, 6) is -0.251. The second kappa shape index (κ2) is 7.35. The van der Waals surface area contributed by atoms with Crippen LogP contribution in [0.3, 0.4) is 0 Å². The Morgan fingerprint density at radius 1 is 1.04 bits per heavy atom. The van der Waals surface area contributed by atoms with Crippen molar-refractivity contribution in [3.8, 4) is 0 Å². The molecule has 0 unspecified atom stereocenters. The number of nitrogens with zero attached hydrogens (tertiary/aromatic N) is 2. The smallest absolute Gasteiger partial charge is 0.337 e. The first kappa shape index (κ1) is 16.4. The number of carbonyl (C=O) groups is 2. The minimum atomic E-state index is -0.395. The van der Waals surface area contributed by atoms with Crippen molar-refractivity contribution in [1.82, 2.24) is 15.3 Å². The lowest BCUT2D eigenvalue weighted by molar-refractivity contribution is 0.0600. The zero-order valence-electron chi connectivity index (χ0n) is 13.2. The molecule has 23 heavy (non-hydrogen) atoms. The third-order valence-electron chi connectivity index (χ3n) is 2.90. The second-order valence-electron chi connectivity index (χ2n) is 5.12. The Bertz CT molecular complexity index is 681. The van der Waals surface area contributed by atoms with Gasteiger partial charge >= 0.3 is 5.97 Å². The van der Waals surface area contributed by atoms with Crippen molar-refractivity contribution in [3.63, 3.8) is 0 Å². The highest BCUT2D eigenvalue weighted by atomic mass is 16.5. The molecule has 1 aromatic carbocycles. The number of methoxy groups -OCH3 is 1. The Morgan fingerprint density at radius 2 is 1.65 bits per heavy atom. The zero-order chi connectivity index (χ0) is 16.8. The molecule has 1 amide bonds. The SMILES string of the molecule is COC(=O)c1ccc(Nc2ncc(C(=O)NC(C)C)cn2)cc1. The number of ether oxygens (including phenoxy) is 1. The van der Waals surface area contributed by atoms with E-state index in [9.17, 15) is 9.59 Å². The van der Waals surface area contributed by atoms with Crippen molar-refractivity contribution in [2.75, 3.05) is 12.4 Å². The average Bonchev–Trinajstić information content (AvgIpc) is 2.55. The number of aromatic nitrogens is 2. The monoisotopic (exact) mass is 314 g/mol. The predicted octanol–water partition coefficient (Wildman–Crippen LogP) is 2.14. The van der Waals surface area contributed by atoms with E-state index in [1.165, 1.54) is 19.5 Å². The summed E-state index contributed by atoms with van der Waals surface area (Å²) in [6.07, 6.45) is 2.91. The second-order valence-corrected chi connectivity index (χ2v) is 5.12. The zero-order valence-corrected chi connectivity index (χ0v) is 13.2. The van der Waals surface area contributed by atoms with Crippen LogP contribution in [0.15, 0.2) is 36.7 Å². The lowest BCUT2D eigenvalue weighted by atomic mass is 10.2. The van der Waals surface area contributed by atoms with E-state index in [1.54, 1.807) is 24.3 Å². The van der Waals surface area contributed by atoms with Gasteiger partial charge in [0.2, 0.25) is 5.95 Å². The number of esters is 1. The first-order chi connectivity index (χ1) is 11.0. The van der Waals surface area contributed by atoms with Crippen LogP contribution in [0.4, 0.5) is 11.6 Å². The van der Waals surface area contributed by atoms with Gasteiger partial charge in [0.25, 0.3) is 5.91 Å². The molecule has 1 heterocycles. The third kappa shape index (κ3) is 4.50. The van der Waals surface area contributed by atoms with Gasteiger partial charge in [-0.1, -0.05) is 0 Å². The van der Waals surface area contributed by atoms with Crippen molar-refractivity contribution >= 4 is 23.5 Å². The topological polar surface area (TPSA) is 93.2 Å². The van der Waals surface area contributed by atoms with E-state index in [0.29, 0.717) is 17.1 Å². The Balaban J connectivity index is 2.03. The molecule has 0 aliphatic rings. The highest BCUT2D eigenvalue weighted by molar-refractivity contribution is 5.93. The molecule has 7 heteroatoms. The molecule has 7 nitrogen and oxygen atoms in total. The van der Waals surface area contributed by atoms with Gasteiger partial charge in [-0.15, -0.1) is 0 Å². The van der Waals surface area contributed by atoms with E-state index in [0.717, 1.165) is 5.69 Å². The van der Waals surface area contributed by atoms with E-state index < -0.39 is 5.97 Å². The van der Waals surface area contributed by atoms with Crippen molar-refractivity contribution in [1.29, 1.82) is 0 Å². The summed E-state index contributed by atoms with van der Waals surface area (Å²) in [5.41, 5.74) is 1.57. The van der Waals surface area contributed by atoms with Crippen LogP contribution in [0.2, 0.25) is 0 Å². The fourth-order valence-electron chi connectivity index (χ4n) is 1.79. The summed E-state index contributed by atoms with van der Waals surface area (Å²) < 4.78 is 4.64. The van der Waals surface area contributed by atoms with Crippen LogP contribution in [-0.4, -0.2) is 35.0 Å². The number of anilines is 2. The lowest BCUT2D eigenvalue weighted by Crippen LogP contribution is -2.30. The number of carbonyl (C=O) groups excluding carboxylic acids is 2. The fraction of sp³-hybridized carbons (Fsp3) is 0.250. The normalized spacial score (nSPS) is 10.3. The van der Waals surface area contributed by atoms with Gasteiger partial charge in [0.15, 0.2) is 0 Å². The Morgan fingerprint density at radius 3 is 2.17 bits per heavy atom. The highest BCUT2D eigenvalue weighted by Gasteiger charge is 2.09. The van der Waals surface area contributed by atoms with Crippen molar-refractivity contribution in [2.45, 2.75) is 19.9 Å². The van der Waals surface area contributed by atoms with Crippen LogP contribution in [0.1, 0.15) is 34.6 Å². The molecule has 0 bridgehead atoms. The fourth-order valence-corrected chi connectivity index (χ4v) is 1.79. The molecular formula is C16H18N4O3. The molecule has 120 valence electrons. The Labute approximate surface area is 134 Å². The van der Waals surface area contributed by atoms with Crippen molar-refractivity contribution in [3.05, 3.63) is 47.8 Å². The molecular weight excluding hydrogens is 296 g/mol. The highest BCUT2D eigenvalue weighted by Crippen LogP contribution is 2.14. The van der Waals surface area contributed by atoms with Gasteiger partial charge in [0.05, 0.1) is 18.2 Å². The van der Waals surface area contributed by atoms with Gasteiger partial charge in [0.1, 0.15) is 0 Å². The Kier molecular flexibility index (Phi) is 5.24. The third-order valence-corrected chi connectivity index (χ3v) is 2.90. The summed E-state index contributed by atoms with van der Waals surface area (Å²) >= 11 is 0. The molecule has 0 saturated heterocycles. The molecule has 0 atom stereocenters. The maximum Gasteiger partial charge on any atom is 0.337 e. The minimum absolute atomic E-state index is 0.0497. The summed E-state index contributed by atoms with van der Waals surface area (Å²) in [7, 11) is 1.33. The van der Waals surface area contributed by atoms with Crippen LogP contribution in [0, 0.1) is 0 Å². The number of amides is 1. The van der Waals surface area contributed by atoms with Gasteiger partial charge in [-0.2, -0.15) is 0 Å². The maximum absolute atomic E-state index is 11.8. The van der Waals surface area contributed by atoms with Crippen LogP contribution in [0.5, 0.6) is 0 Å². The van der Waals surface area contributed by atoms with Gasteiger partial charge < -0.3 is 15.4 Å². The number of hydrogen-bond acceptors (Lipinski definition) is 6. The molecule has 2 aromatic rings. The number of benzene rings is 1. The quantitative estimate of drug-likeness (QED) is 0.821. The van der Waals surface area contributed by atoms with Gasteiger partial charge in [-0.3, -0.25) is 4.79 Å². The van der Waals surface area contributed by atoms with Gasteiger partial charge in [0, 0.05) is 24.1 Å². The van der Waals surface area contributed by atoms with Gasteiger partial charge in [-0.05, 0) is 38.1 Å². The number of hydrogen-bond donors (Lipinski definition) is 2. The van der Waals surface area contributed by atoms with Crippen LogP contribution in [0.25, 0.3) is 0 Å². The van der Waals surface area contributed by atoms with E-state index >= 15 is 0 Å². The largest absolute Gasteiger partial charge is 0.465 e. The molecule has 2 N–H and O–H groups in total. The van der Waals surface area contributed by atoms with Crippen LogP contribution < -0.4 is 10.6 Å². The first-order valence-corrected chi connectivity index (χ1v) is 7.08. The lowest BCUT2D eigenvalue weighted by Gasteiger charge is -2.09. The predicted molar refractivity (Wildman–Crippen MR) is 85.7 cm³/mol. The summed E-state index contributed by atoms with van der Waals surface area (Å²) in [4.78, 5) is 31.4. The van der Waals surface area contributed by atoms with E-state index in [4.69, 9.17) is 0 Å². The number of nitrogens with one attached hydrogen (secondary N) is 2. The molecule has 0 fully saturated rings. The summed E-state index contributed by atoms with van der Waals surface area (Å²) in [6.45, 7) is 3.76. The van der Waals surface area contributed by atoms with Crippen molar-refractivity contribution < 1.29 is 14.3 Å². The minimum Gasteiger partial charge on any atom is -0.465 e. The molecule has 0 saturated carbocycles. The van der Waals surface area contributed by atoms with E-state index in [2.05, 4.69) is 25.3 Å². The molecule has 0 spiro atoms. The van der Waals surface area contributed by atoms with E-state index in [1.807, 2.05) is 13.8 Å². The molecule has 0 aliphatic carbocycles. The van der Waals surface area contributed by atoms with Crippen LogP contribution >= 0.6 is 0 Å². The first-order valence-electron chi connectivity index (χ1n) is 7.08. The molecule has 1 aromatic heterocycles. The average molecular weight is 314 g/mol. The number of rotatable bonds is 5.